The van der Waals surface area contributed by atoms with Gasteiger partial charge in [0.25, 0.3) is 0 Å². The second kappa shape index (κ2) is 5.80. The van der Waals surface area contributed by atoms with Gasteiger partial charge >= 0.3 is 0 Å². The van der Waals surface area contributed by atoms with Crippen LogP contribution in [0.2, 0.25) is 0 Å². The van der Waals surface area contributed by atoms with Crippen LogP contribution in [0, 0.1) is 6.92 Å². The van der Waals surface area contributed by atoms with E-state index in [1.165, 1.54) is 4.80 Å². The summed E-state index contributed by atoms with van der Waals surface area (Å²) in [6.07, 6.45) is 2.71. The van der Waals surface area contributed by atoms with Crippen molar-refractivity contribution >= 4 is 0 Å². The van der Waals surface area contributed by atoms with E-state index in [1.54, 1.807) is 12.4 Å². The van der Waals surface area contributed by atoms with Crippen LogP contribution in [0.4, 0.5) is 0 Å². The highest BCUT2D eigenvalue weighted by atomic mass is 16.3. The number of aryl methyl sites for hydroxylation is 1. The first kappa shape index (κ1) is 13.4. The summed E-state index contributed by atoms with van der Waals surface area (Å²) >= 11 is 0. The summed E-state index contributed by atoms with van der Waals surface area (Å²) in [5.41, 5.74) is 2.71. The highest BCUT2D eigenvalue weighted by Crippen LogP contribution is 2.18. The third-order valence-corrected chi connectivity index (χ3v) is 3.26. The minimum atomic E-state index is -0.665. The summed E-state index contributed by atoms with van der Waals surface area (Å²) in [5.74, 6) is 0.500. The van der Waals surface area contributed by atoms with Crippen LogP contribution in [0.25, 0.3) is 11.4 Å². The lowest BCUT2D eigenvalue weighted by Gasteiger charge is -2.12. The second-order valence-electron chi connectivity index (χ2n) is 4.78. The monoisotopic (exact) mass is 281 g/mol. The summed E-state index contributed by atoms with van der Waals surface area (Å²) in [4.78, 5) is 5.43. The fourth-order valence-corrected chi connectivity index (χ4v) is 2.14. The number of aromatic nitrogens is 5. The molecule has 1 aromatic carbocycles. The quantitative estimate of drug-likeness (QED) is 0.788. The first-order valence-electron chi connectivity index (χ1n) is 6.66. The Balaban J connectivity index is 1.77. The van der Waals surface area contributed by atoms with Crippen LogP contribution in [0.15, 0.2) is 48.8 Å². The number of aliphatic hydroxyl groups excluding tert-OH is 1. The molecule has 0 radical (unpaired) electrons. The Morgan fingerprint density at radius 1 is 1.19 bits per heavy atom. The lowest BCUT2D eigenvalue weighted by Crippen LogP contribution is -2.12. The van der Waals surface area contributed by atoms with E-state index in [9.17, 15) is 5.11 Å². The molecule has 0 spiro atoms. The fraction of sp³-hybridized carbons (Fsp3) is 0.200. The highest BCUT2D eigenvalue weighted by Gasteiger charge is 2.13. The molecule has 106 valence electrons. The van der Waals surface area contributed by atoms with Gasteiger partial charge in [-0.25, -0.2) is 0 Å². The van der Waals surface area contributed by atoms with Gasteiger partial charge in [0.15, 0.2) is 0 Å². The van der Waals surface area contributed by atoms with Crippen molar-refractivity contribution in [1.29, 1.82) is 0 Å². The van der Waals surface area contributed by atoms with E-state index in [-0.39, 0.29) is 6.54 Å². The molecule has 0 amide bonds. The molecule has 1 N–H and O–H groups in total. The standard InChI is InChI=1S/C15H15N5O/c1-11-5-2-3-7-13(11)14(21)10-20-18-15(17-19-20)12-6-4-8-16-9-12/h2-9,14,21H,10H2,1H3. The molecule has 1 unspecified atom stereocenters. The maximum Gasteiger partial charge on any atom is 0.206 e. The second-order valence-corrected chi connectivity index (χ2v) is 4.78. The number of tetrazole rings is 1. The number of hydrogen-bond acceptors (Lipinski definition) is 5. The van der Waals surface area contributed by atoms with Crippen molar-refractivity contribution in [3.8, 4) is 11.4 Å². The van der Waals surface area contributed by atoms with E-state index in [2.05, 4.69) is 20.4 Å². The van der Waals surface area contributed by atoms with Crippen LogP contribution in [-0.2, 0) is 6.54 Å². The molecule has 0 fully saturated rings. The van der Waals surface area contributed by atoms with Gasteiger partial charge in [-0.15, -0.1) is 10.2 Å². The van der Waals surface area contributed by atoms with Crippen molar-refractivity contribution in [2.45, 2.75) is 19.6 Å². The molecule has 1 atom stereocenters. The Morgan fingerprint density at radius 3 is 2.81 bits per heavy atom. The molecular formula is C15H15N5O. The molecule has 0 saturated heterocycles. The number of benzene rings is 1. The van der Waals surface area contributed by atoms with Gasteiger partial charge in [0.05, 0.1) is 6.54 Å². The minimum absolute atomic E-state index is 0.262. The van der Waals surface area contributed by atoms with Crippen LogP contribution in [-0.4, -0.2) is 30.3 Å². The van der Waals surface area contributed by atoms with Crippen LogP contribution in [0.1, 0.15) is 17.2 Å². The van der Waals surface area contributed by atoms with Crippen LogP contribution >= 0.6 is 0 Å². The normalized spacial score (nSPS) is 12.3. The zero-order valence-electron chi connectivity index (χ0n) is 11.6. The number of pyridine rings is 1. The van der Waals surface area contributed by atoms with Crippen molar-refractivity contribution in [2.75, 3.05) is 0 Å². The summed E-state index contributed by atoms with van der Waals surface area (Å²) < 4.78 is 0. The summed E-state index contributed by atoms with van der Waals surface area (Å²) in [6.45, 7) is 2.23. The van der Waals surface area contributed by atoms with Gasteiger partial charge in [0, 0.05) is 18.0 Å². The molecule has 2 aromatic heterocycles. The number of rotatable bonds is 4. The Labute approximate surface area is 122 Å². The lowest BCUT2D eigenvalue weighted by molar-refractivity contribution is 0.144. The molecule has 6 nitrogen and oxygen atoms in total. The van der Waals surface area contributed by atoms with E-state index in [4.69, 9.17) is 0 Å². The Morgan fingerprint density at radius 2 is 2.05 bits per heavy atom. The third-order valence-electron chi connectivity index (χ3n) is 3.26. The first-order valence-corrected chi connectivity index (χ1v) is 6.66. The minimum Gasteiger partial charge on any atom is -0.386 e. The van der Waals surface area contributed by atoms with Crippen molar-refractivity contribution < 1.29 is 5.11 Å². The topological polar surface area (TPSA) is 76.7 Å². The average Bonchev–Trinajstić information content (AvgIpc) is 2.97. The largest absolute Gasteiger partial charge is 0.386 e. The molecule has 3 aromatic rings. The smallest absolute Gasteiger partial charge is 0.206 e. The van der Waals surface area contributed by atoms with Gasteiger partial charge in [0.1, 0.15) is 6.10 Å². The zero-order chi connectivity index (χ0) is 14.7. The van der Waals surface area contributed by atoms with Crippen molar-refractivity contribution in [2.24, 2.45) is 0 Å². The van der Waals surface area contributed by atoms with E-state index in [0.29, 0.717) is 5.82 Å². The molecule has 2 heterocycles. The molecular weight excluding hydrogens is 266 g/mol. The van der Waals surface area contributed by atoms with Crippen LogP contribution in [0.5, 0.6) is 0 Å². The molecule has 0 aliphatic carbocycles. The Kier molecular flexibility index (Phi) is 3.70. The fourth-order valence-electron chi connectivity index (χ4n) is 2.14. The number of aliphatic hydroxyl groups is 1. The van der Waals surface area contributed by atoms with Crippen molar-refractivity contribution in [3.63, 3.8) is 0 Å². The van der Waals surface area contributed by atoms with E-state index >= 15 is 0 Å². The number of hydrogen-bond donors (Lipinski definition) is 1. The summed E-state index contributed by atoms with van der Waals surface area (Å²) in [6, 6.07) is 11.4. The Hall–Kier alpha value is -2.60. The molecule has 0 bridgehead atoms. The number of nitrogens with zero attached hydrogens (tertiary/aromatic N) is 5. The van der Waals surface area contributed by atoms with Gasteiger partial charge in [-0.1, -0.05) is 24.3 Å². The van der Waals surface area contributed by atoms with Gasteiger partial charge in [0.2, 0.25) is 5.82 Å². The predicted octanol–water partition coefficient (Wildman–Crippen LogP) is 1.78. The summed E-state index contributed by atoms with van der Waals surface area (Å²) in [5, 5.41) is 22.5. The molecule has 3 rings (SSSR count). The van der Waals surface area contributed by atoms with Gasteiger partial charge in [-0.3, -0.25) is 4.98 Å². The van der Waals surface area contributed by atoms with Crippen molar-refractivity contribution in [3.05, 3.63) is 59.9 Å². The van der Waals surface area contributed by atoms with E-state index in [0.717, 1.165) is 16.7 Å². The maximum atomic E-state index is 10.3. The van der Waals surface area contributed by atoms with Crippen LogP contribution < -0.4 is 0 Å². The van der Waals surface area contributed by atoms with E-state index in [1.807, 2.05) is 43.3 Å². The lowest BCUT2D eigenvalue weighted by atomic mass is 10.0. The van der Waals surface area contributed by atoms with Gasteiger partial charge < -0.3 is 5.11 Å². The third kappa shape index (κ3) is 2.95. The molecule has 0 aliphatic rings. The summed E-state index contributed by atoms with van der Waals surface area (Å²) in [7, 11) is 0. The Bertz CT molecular complexity index is 726. The van der Waals surface area contributed by atoms with Crippen molar-refractivity contribution in [1.82, 2.24) is 25.2 Å². The van der Waals surface area contributed by atoms with Gasteiger partial charge in [-0.2, -0.15) is 4.80 Å². The SMILES string of the molecule is Cc1ccccc1C(O)Cn1nnc(-c2cccnc2)n1. The average molecular weight is 281 g/mol. The highest BCUT2D eigenvalue weighted by molar-refractivity contribution is 5.51. The zero-order valence-corrected chi connectivity index (χ0v) is 11.6. The van der Waals surface area contributed by atoms with Gasteiger partial charge in [-0.05, 0) is 35.4 Å². The van der Waals surface area contributed by atoms with E-state index < -0.39 is 6.10 Å². The predicted molar refractivity (Wildman–Crippen MR) is 77.2 cm³/mol. The molecule has 21 heavy (non-hydrogen) atoms. The molecule has 0 aliphatic heterocycles. The maximum absolute atomic E-state index is 10.3. The van der Waals surface area contributed by atoms with Crippen LogP contribution in [0.3, 0.4) is 0 Å². The first-order chi connectivity index (χ1) is 10.2. The molecule has 0 saturated carbocycles. The molecule has 6 heteroatoms.